The lowest BCUT2D eigenvalue weighted by molar-refractivity contribution is -0.122. The van der Waals surface area contributed by atoms with E-state index in [4.69, 9.17) is 0 Å². The minimum atomic E-state index is 0.244. The summed E-state index contributed by atoms with van der Waals surface area (Å²) in [5.41, 5.74) is 1.33. The Balaban J connectivity index is 1.42. The van der Waals surface area contributed by atoms with Crippen molar-refractivity contribution in [2.24, 2.45) is 11.8 Å². The van der Waals surface area contributed by atoms with Crippen LogP contribution in [-0.2, 0) is 11.2 Å². The van der Waals surface area contributed by atoms with Crippen LogP contribution in [0.2, 0.25) is 0 Å². The summed E-state index contributed by atoms with van der Waals surface area (Å²) in [5.74, 6) is 1.33. The summed E-state index contributed by atoms with van der Waals surface area (Å²) in [4.78, 5) is 12.3. The first kappa shape index (κ1) is 17.9. The van der Waals surface area contributed by atoms with Gasteiger partial charge in [-0.05, 0) is 61.6 Å². The van der Waals surface area contributed by atoms with Gasteiger partial charge in [-0.3, -0.25) is 4.79 Å². The monoisotopic (exact) mass is 392 g/mol. The Kier molecular flexibility index (Phi) is 6.34. The third kappa shape index (κ3) is 5.06. The number of hydrogen-bond donors (Lipinski definition) is 2. The van der Waals surface area contributed by atoms with Crippen molar-refractivity contribution in [2.45, 2.75) is 64.0 Å². The maximum atomic E-state index is 12.3. The van der Waals surface area contributed by atoms with Crippen LogP contribution in [0.3, 0.4) is 0 Å². The number of piperidine rings is 1. The molecule has 0 radical (unpaired) electrons. The summed E-state index contributed by atoms with van der Waals surface area (Å²) in [5, 5.41) is 6.84. The van der Waals surface area contributed by atoms with Crippen molar-refractivity contribution >= 4 is 21.8 Å². The zero-order valence-corrected chi connectivity index (χ0v) is 16.1. The van der Waals surface area contributed by atoms with Crippen LogP contribution in [0.25, 0.3) is 0 Å². The Hall–Kier alpha value is -0.870. The van der Waals surface area contributed by atoms with E-state index in [1.54, 1.807) is 0 Å². The maximum absolute atomic E-state index is 12.3. The molecular weight excluding hydrogens is 364 g/mol. The Morgan fingerprint density at radius 2 is 2.08 bits per heavy atom. The normalized spacial score (nSPS) is 27.0. The SMILES string of the molecule is CCC(CNC(=O)CC1CC2CCC(C1)N2)Cc1cccc(Br)c1. The highest BCUT2D eigenvalue weighted by atomic mass is 79.9. The Morgan fingerprint density at radius 3 is 2.75 bits per heavy atom. The molecule has 1 amide bonds. The van der Waals surface area contributed by atoms with Crippen molar-refractivity contribution in [3.8, 4) is 0 Å². The molecule has 0 aliphatic carbocycles. The molecule has 3 atom stereocenters. The number of nitrogens with one attached hydrogen (secondary N) is 2. The molecule has 3 nitrogen and oxygen atoms in total. The number of amides is 1. The van der Waals surface area contributed by atoms with Gasteiger partial charge in [-0.15, -0.1) is 0 Å². The minimum absolute atomic E-state index is 0.244. The highest BCUT2D eigenvalue weighted by molar-refractivity contribution is 9.10. The van der Waals surface area contributed by atoms with Crippen molar-refractivity contribution in [1.29, 1.82) is 0 Å². The van der Waals surface area contributed by atoms with Crippen LogP contribution in [0.1, 0.15) is 51.0 Å². The number of rotatable bonds is 7. The average molecular weight is 393 g/mol. The highest BCUT2D eigenvalue weighted by Gasteiger charge is 2.34. The van der Waals surface area contributed by atoms with E-state index in [-0.39, 0.29) is 5.91 Å². The lowest BCUT2D eigenvalue weighted by Crippen LogP contribution is -2.40. The van der Waals surface area contributed by atoms with E-state index in [1.807, 2.05) is 0 Å². The molecular formula is C20H29BrN2O. The lowest BCUT2D eigenvalue weighted by atomic mass is 9.89. The molecule has 3 rings (SSSR count). The van der Waals surface area contributed by atoms with Crippen LogP contribution in [0, 0.1) is 11.8 Å². The fourth-order valence-electron chi connectivity index (χ4n) is 4.29. The summed E-state index contributed by atoms with van der Waals surface area (Å²) < 4.78 is 1.12. The van der Waals surface area contributed by atoms with Crippen molar-refractivity contribution in [3.05, 3.63) is 34.3 Å². The molecule has 1 aromatic rings. The van der Waals surface area contributed by atoms with Gasteiger partial charge in [-0.2, -0.15) is 0 Å². The predicted molar refractivity (Wildman–Crippen MR) is 102 cm³/mol. The molecule has 2 bridgehead atoms. The van der Waals surface area contributed by atoms with Gasteiger partial charge in [0.25, 0.3) is 0 Å². The van der Waals surface area contributed by atoms with E-state index >= 15 is 0 Å². The van der Waals surface area contributed by atoms with E-state index in [9.17, 15) is 4.79 Å². The number of fused-ring (bicyclic) bond motifs is 2. The fourth-order valence-corrected chi connectivity index (χ4v) is 4.74. The molecule has 2 aliphatic heterocycles. The largest absolute Gasteiger partial charge is 0.356 e. The van der Waals surface area contributed by atoms with E-state index < -0.39 is 0 Å². The van der Waals surface area contributed by atoms with Gasteiger partial charge < -0.3 is 10.6 Å². The number of benzene rings is 1. The van der Waals surface area contributed by atoms with Crippen LogP contribution < -0.4 is 10.6 Å². The second kappa shape index (κ2) is 8.48. The van der Waals surface area contributed by atoms with Gasteiger partial charge in [0.2, 0.25) is 5.91 Å². The molecule has 2 fully saturated rings. The number of hydrogen-bond acceptors (Lipinski definition) is 2. The standard InChI is InChI=1S/C20H29BrN2O/c1-2-14(8-15-4-3-5-17(21)9-15)13-22-20(24)12-16-10-18-6-7-19(11-16)23-18/h3-5,9,14,16,18-19,23H,2,6-8,10-13H2,1H3,(H,22,24). The third-order valence-electron chi connectivity index (χ3n) is 5.62. The number of carbonyl (C=O) groups excluding carboxylic acids is 1. The van der Waals surface area contributed by atoms with Gasteiger partial charge in [0.05, 0.1) is 0 Å². The Labute approximate surface area is 154 Å². The van der Waals surface area contributed by atoms with Gasteiger partial charge in [-0.25, -0.2) is 0 Å². The highest BCUT2D eigenvalue weighted by Crippen LogP contribution is 2.32. The molecule has 2 heterocycles. The van der Waals surface area contributed by atoms with Gasteiger partial charge in [0.1, 0.15) is 0 Å². The minimum Gasteiger partial charge on any atom is -0.356 e. The van der Waals surface area contributed by atoms with Gasteiger partial charge >= 0.3 is 0 Å². The second-order valence-electron chi connectivity index (χ2n) is 7.59. The maximum Gasteiger partial charge on any atom is 0.220 e. The van der Waals surface area contributed by atoms with Crippen molar-refractivity contribution in [1.82, 2.24) is 10.6 Å². The van der Waals surface area contributed by atoms with Gasteiger partial charge in [0, 0.05) is 29.5 Å². The molecule has 2 N–H and O–H groups in total. The zero-order chi connectivity index (χ0) is 16.9. The smallest absolute Gasteiger partial charge is 0.220 e. The molecule has 0 aromatic heterocycles. The van der Waals surface area contributed by atoms with E-state index in [2.05, 4.69) is 57.8 Å². The van der Waals surface area contributed by atoms with Crippen LogP contribution in [0.5, 0.6) is 0 Å². The second-order valence-corrected chi connectivity index (χ2v) is 8.51. The molecule has 0 spiro atoms. The van der Waals surface area contributed by atoms with E-state index in [0.29, 0.717) is 30.3 Å². The summed E-state index contributed by atoms with van der Waals surface area (Å²) >= 11 is 3.53. The zero-order valence-electron chi connectivity index (χ0n) is 14.6. The molecule has 1 aromatic carbocycles. The van der Waals surface area contributed by atoms with Crippen molar-refractivity contribution in [3.63, 3.8) is 0 Å². The van der Waals surface area contributed by atoms with Crippen molar-refractivity contribution < 1.29 is 4.79 Å². The average Bonchev–Trinajstić information content (AvgIpc) is 2.90. The summed E-state index contributed by atoms with van der Waals surface area (Å²) in [6.45, 7) is 3.00. The lowest BCUT2D eigenvalue weighted by Gasteiger charge is -2.28. The molecule has 2 saturated heterocycles. The molecule has 2 aliphatic rings. The molecule has 4 heteroatoms. The quantitative estimate of drug-likeness (QED) is 0.734. The van der Waals surface area contributed by atoms with Gasteiger partial charge in [-0.1, -0.05) is 41.4 Å². The predicted octanol–water partition coefficient (Wildman–Crippen LogP) is 4.05. The van der Waals surface area contributed by atoms with Crippen LogP contribution in [0.4, 0.5) is 0 Å². The van der Waals surface area contributed by atoms with E-state index in [1.165, 1.54) is 31.2 Å². The van der Waals surface area contributed by atoms with Crippen molar-refractivity contribution in [2.75, 3.05) is 6.54 Å². The Bertz CT molecular complexity index is 550. The topological polar surface area (TPSA) is 41.1 Å². The third-order valence-corrected chi connectivity index (χ3v) is 6.12. The number of halogens is 1. The fraction of sp³-hybridized carbons (Fsp3) is 0.650. The van der Waals surface area contributed by atoms with Crippen LogP contribution in [0.15, 0.2) is 28.7 Å². The Morgan fingerprint density at radius 1 is 1.33 bits per heavy atom. The summed E-state index contributed by atoms with van der Waals surface area (Å²) in [6.07, 6.45) is 7.78. The first-order valence-electron chi connectivity index (χ1n) is 9.39. The molecule has 3 unspecified atom stereocenters. The van der Waals surface area contributed by atoms with Gasteiger partial charge in [0.15, 0.2) is 0 Å². The van der Waals surface area contributed by atoms with E-state index in [0.717, 1.165) is 23.9 Å². The number of carbonyl (C=O) groups is 1. The molecule has 0 saturated carbocycles. The first-order chi connectivity index (χ1) is 11.6. The van der Waals surface area contributed by atoms with Crippen LogP contribution >= 0.6 is 15.9 Å². The molecule has 132 valence electrons. The molecule has 24 heavy (non-hydrogen) atoms. The summed E-state index contributed by atoms with van der Waals surface area (Å²) in [6, 6.07) is 9.81. The summed E-state index contributed by atoms with van der Waals surface area (Å²) in [7, 11) is 0. The van der Waals surface area contributed by atoms with Crippen LogP contribution in [-0.4, -0.2) is 24.5 Å². The first-order valence-corrected chi connectivity index (χ1v) is 10.2.